The first-order chi connectivity index (χ1) is 11.6. The van der Waals surface area contributed by atoms with Crippen LogP contribution in [0.2, 0.25) is 0 Å². The van der Waals surface area contributed by atoms with Crippen molar-refractivity contribution in [2.75, 3.05) is 7.11 Å². The molecule has 5 nitrogen and oxygen atoms in total. The third-order valence-corrected chi connectivity index (χ3v) is 3.94. The summed E-state index contributed by atoms with van der Waals surface area (Å²) in [4.78, 5) is 22.7. The van der Waals surface area contributed by atoms with Crippen LogP contribution in [0, 0.1) is 0 Å². The van der Waals surface area contributed by atoms with Crippen molar-refractivity contribution >= 4 is 11.9 Å². The van der Waals surface area contributed by atoms with Gasteiger partial charge in [0.1, 0.15) is 5.75 Å². The Hall–Kier alpha value is -2.04. The fraction of sp³-hybridized carbons (Fsp3) is 0.579. The molecule has 0 heterocycles. The molecule has 24 heavy (non-hydrogen) atoms. The third-order valence-electron chi connectivity index (χ3n) is 3.94. The standard InChI is InChI=1S/C19H29NO4/c1-3-4-5-6-7-8-9-18(21)20-14-15-10-11-16(13-19(22)23)17(12-15)24-2/h10-12H,3-9,13-14H2,1-2H3,(H,20,21)(H,22,23). The maximum absolute atomic E-state index is 11.9. The lowest BCUT2D eigenvalue weighted by molar-refractivity contribution is -0.136. The highest BCUT2D eigenvalue weighted by Gasteiger charge is 2.09. The van der Waals surface area contributed by atoms with Crippen molar-refractivity contribution in [2.24, 2.45) is 0 Å². The molecule has 0 fully saturated rings. The van der Waals surface area contributed by atoms with E-state index in [-0.39, 0.29) is 12.3 Å². The molecule has 1 amide bonds. The van der Waals surface area contributed by atoms with Crippen molar-refractivity contribution in [3.05, 3.63) is 29.3 Å². The van der Waals surface area contributed by atoms with E-state index in [9.17, 15) is 9.59 Å². The van der Waals surface area contributed by atoms with E-state index >= 15 is 0 Å². The molecule has 0 saturated carbocycles. The molecular weight excluding hydrogens is 306 g/mol. The van der Waals surface area contributed by atoms with Gasteiger partial charge in [0.15, 0.2) is 0 Å². The smallest absolute Gasteiger partial charge is 0.307 e. The monoisotopic (exact) mass is 335 g/mol. The zero-order valence-electron chi connectivity index (χ0n) is 14.8. The Bertz CT molecular complexity index is 528. The van der Waals surface area contributed by atoms with Crippen LogP contribution < -0.4 is 10.1 Å². The summed E-state index contributed by atoms with van der Waals surface area (Å²) in [6.45, 7) is 2.62. The number of rotatable bonds is 12. The number of carbonyl (C=O) groups excluding carboxylic acids is 1. The minimum atomic E-state index is -0.895. The molecule has 1 aromatic rings. The van der Waals surface area contributed by atoms with E-state index < -0.39 is 5.97 Å². The highest BCUT2D eigenvalue weighted by Crippen LogP contribution is 2.21. The average molecular weight is 335 g/mol. The molecule has 2 N–H and O–H groups in total. The predicted molar refractivity (Wildman–Crippen MR) is 94.2 cm³/mol. The highest BCUT2D eigenvalue weighted by atomic mass is 16.5. The lowest BCUT2D eigenvalue weighted by Gasteiger charge is -2.10. The quantitative estimate of drug-likeness (QED) is 0.571. The largest absolute Gasteiger partial charge is 0.496 e. The van der Waals surface area contributed by atoms with Crippen LogP contribution in [-0.2, 0) is 22.6 Å². The Morgan fingerprint density at radius 3 is 2.50 bits per heavy atom. The number of methoxy groups -OCH3 is 1. The molecule has 0 radical (unpaired) electrons. The van der Waals surface area contributed by atoms with Crippen molar-refractivity contribution in [3.63, 3.8) is 0 Å². The number of carboxylic acids is 1. The number of ether oxygens (including phenoxy) is 1. The van der Waals surface area contributed by atoms with Crippen LogP contribution in [0.15, 0.2) is 18.2 Å². The third kappa shape index (κ3) is 7.99. The second-order valence-corrected chi connectivity index (χ2v) is 6.01. The lowest BCUT2D eigenvalue weighted by atomic mass is 10.1. The highest BCUT2D eigenvalue weighted by molar-refractivity contribution is 5.75. The Kier molecular flexibility index (Phi) is 9.58. The summed E-state index contributed by atoms with van der Waals surface area (Å²) in [5.41, 5.74) is 1.53. The van der Waals surface area contributed by atoms with Gasteiger partial charge in [0.25, 0.3) is 0 Å². The molecule has 134 valence electrons. The summed E-state index contributed by atoms with van der Waals surface area (Å²) in [6, 6.07) is 5.34. The fourth-order valence-electron chi connectivity index (χ4n) is 2.56. The summed E-state index contributed by atoms with van der Waals surface area (Å²) in [5.74, 6) is -0.299. The first kappa shape index (κ1) is 20.0. The zero-order chi connectivity index (χ0) is 17.8. The average Bonchev–Trinajstić information content (AvgIpc) is 2.56. The van der Waals surface area contributed by atoms with Crippen LogP contribution in [0.4, 0.5) is 0 Å². The van der Waals surface area contributed by atoms with Crippen LogP contribution in [0.25, 0.3) is 0 Å². The second kappa shape index (κ2) is 11.5. The van der Waals surface area contributed by atoms with Gasteiger partial charge in [-0.3, -0.25) is 9.59 Å². The predicted octanol–water partition coefficient (Wildman–Crippen LogP) is 3.69. The van der Waals surface area contributed by atoms with E-state index in [1.807, 2.05) is 6.07 Å². The lowest BCUT2D eigenvalue weighted by Crippen LogP contribution is -2.22. The number of aliphatic carboxylic acids is 1. The summed E-state index contributed by atoms with van der Waals surface area (Å²) < 4.78 is 5.23. The number of hydrogen-bond donors (Lipinski definition) is 2. The van der Waals surface area contributed by atoms with Crippen molar-refractivity contribution in [3.8, 4) is 5.75 Å². The van der Waals surface area contributed by atoms with Crippen LogP contribution in [0.1, 0.15) is 63.0 Å². The normalized spacial score (nSPS) is 10.4. The Balaban J connectivity index is 2.35. The molecule has 0 saturated heterocycles. The minimum Gasteiger partial charge on any atom is -0.496 e. The molecule has 0 aliphatic rings. The molecule has 1 aromatic carbocycles. The van der Waals surface area contributed by atoms with Gasteiger partial charge in [-0.25, -0.2) is 0 Å². The van der Waals surface area contributed by atoms with E-state index in [4.69, 9.17) is 9.84 Å². The number of unbranched alkanes of at least 4 members (excludes halogenated alkanes) is 5. The van der Waals surface area contributed by atoms with Crippen molar-refractivity contribution in [1.82, 2.24) is 5.32 Å². The van der Waals surface area contributed by atoms with Crippen LogP contribution in [-0.4, -0.2) is 24.1 Å². The van der Waals surface area contributed by atoms with E-state index in [2.05, 4.69) is 12.2 Å². The molecule has 0 aliphatic carbocycles. The number of carbonyl (C=O) groups is 2. The van der Waals surface area contributed by atoms with E-state index in [0.29, 0.717) is 24.3 Å². The summed E-state index contributed by atoms with van der Waals surface area (Å²) in [5, 5.41) is 11.8. The number of benzene rings is 1. The number of carboxylic acid groups (broad SMARTS) is 1. The van der Waals surface area contributed by atoms with E-state index in [1.165, 1.54) is 32.8 Å². The summed E-state index contributed by atoms with van der Waals surface area (Å²) in [6.07, 6.45) is 7.46. The maximum Gasteiger partial charge on any atom is 0.307 e. The van der Waals surface area contributed by atoms with Gasteiger partial charge in [-0.05, 0) is 18.1 Å². The molecule has 0 unspecified atom stereocenters. The molecule has 0 spiro atoms. The summed E-state index contributed by atoms with van der Waals surface area (Å²) >= 11 is 0. The van der Waals surface area contributed by atoms with Gasteiger partial charge in [0.2, 0.25) is 5.91 Å². The molecule has 5 heteroatoms. The number of amides is 1. The first-order valence-corrected chi connectivity index (χ1v) is 8.71. The van der Waals surface area contributed by atoms with E-state index in [1.54, 1.807) is 12.1 Å². The molecule has 0 aromatic heterocycles. The van der Waals surface area contributed by atoms with Gasteiger partial charge in [0.05, 0.1) is 13.5 Å². The van der Waals surface area contributed by atoms with Crippen LogP contribution >= 0.6 is 0 Å². The SMILES string of the molecule is CCCCCCCCC(=O)NCc1ccc(CC(=O)O)c(OC)c1. The molecule has 0 bridgehead atoms. The molecule has 0 aliphatic heterocycles. The molecule has 0 atom stereocenters. The minimum absolute atomic E-state index is 0.0547. The maximum atomic E-state index is 11.9. The van der Waals surface area contributed by atoms with Gasteiger partial charge < -0.3 is 15.2 Å². The first-order valence-electron chi connectivity index (χ1n) is 8.71. The van der Waals surface area contributed by atoms with Gasteiger partial charge in [-0.15, -0.1) is 0 Å². The van der Waals surface area contributed by atoms with Gasteiger partial charge in [-0.2, -0.15) is 0 Å². The van der Waals surface area contributed by atoms with E-state index in [0.717, 1.165) is 18.4 Å². The Morgan fingerprint density at radius 1 is 1.12 bits per heavy atom. The van der Waals surface area contributed by atoms with Crippen LogP contribution in [0.5, 0.6) is 5.75 Å². The van der Waals surface area contributed by atoms with Crippen LogP contribution in [0.3, 0.4) is 0 Å². The zero-order valence-corrected chi connectivity index (χ0v) is 14.8. The molecule has 1 rings (SSSR count). The summed E-state index contributed by atoms with van der Waals surface area (Å²) in [7, 11) is 1.52. The molecular formula is C19H29NO4. The fourth-order valence-corrected chi connectivity index (χ4v) is 2.56. The van der Waals surface area contributed by atoms with Gasteiger partial charge in [-0.1, -0.05) is 51.2 Å². The Morgan fingerprint density at radius 2 is 1.83 bits per heavy atom. The van der Waals surface area contributed by atoms with Crippen molar-refractivity contribution < 1.29 is 19.4 Å². The topological polar surface area (TPSA) is 75.6 Å². The van der Waals surface area contributed by atoms with Crippen molar-refractivity contribution in [1.29, 1.82) is 0 Å². The second-order valence-electron chi connectivity index (χ2n) is 6.01. The van der Waals surface area contributed by atoms with Gasteiger partial charge >= 0.3 is 5.97 Å². The Labute approximate surface area is 144 Å². The number of hydrogen-bond acceptors (Lipinski definition) is 3. The number of nitrogens with one attached hydrogen (secondary N) is 1. The van der Waals surface area contributed by atoms with Gasteiger partial charge in [0, 0.05) is 18.5 Å². The van der Waals surface area contributed by atoms with Crippen molar-refractivity contribution in [2.45, 2.75) is 64.8 Å².